The lowest BCUT2D eigenvalue weighted by molar-refractivity contribution is -0.136. The molecule has 1 aliphatic heterocycles. The molecule has 1 aromatic carbocycles. The van der Waals surface area contributed by atoms with Crippen LogP contribution in [0.15, 0.2) is 48.1 Å². The highest BCUT2D eigenvalue weighted by molar-refractivity contribution is 6.01. The fourth-order valence-electron chi connectivity index (χ4n) is 2.22. The highest BCUT2D eigenvalue weighted by Crippen LogP contribution is 2.17. The van der Waals surface area contributed by atoms with E-state index in [0.29, 0.717) is 19.5 Å². The predicted octanol–water partition coefficient (Wildman–Crippen LogP) is 1.84. The highest BCUT2D eigenvalue weighted by atomic mass is 16.6. The molecule has 0 aromatic heterocycles. The van der Waals surface area contributed by atoms with Gasteiger partial charge in [-0.05, 0) is 5.56 Å². The van der Waals surface area contributed by atoms with Crippen molar-refractivity contribution >= 4 is 11.6 Å². The Morgan fingerprint density at radius 1 is 1.52 bits per heavy atom. The molecule has 2 rings (SSSR count). The summed E-state index contributed by atoms with van der Waals surface area (Å²) in [6, 6.07) is 9.91. The number of hydrogen-bond donors (Lipinski definition) is 0. The fourth-order valence-corrected chi connectivity index (χ4v) is 2.22. The van der Waals surface area contributed by atoms with Gasteiger partial charge in [-0.2, -0.15) is 0 Å². The van der Waals surface area contributed by atoms with Gasteiger partial charge in [0, 0.05) is 20.1 Å². The van der Waals surface area contributed by atoms with Crippen molar-refractivity contribution in [1.29, 1.82) is 0 Å². The summed E-state index contributed by atoms with van der Waals surface area (Å²) in [5.74, 6) is -0.0749. The Labute approximate surface area is 124 Å². The van der Waals surface area contributed by atoms with Gasteiger partial charge in [0.2, 0.25) is 5.91 Å². The van der Waals surface area contributed by atoms with E-state index in [1.54, 1.807) is 11.0 Å². The van der Waals surface area contributed by atoms with Crippen LogP contribution in [0.25, 0.3) is 0 Å². The summed E-state index contributed by atoms with van der Waals surface area (Å²) in [5.41, 5.74) is 1.97. The Kier molecular flexibility index (Phi) is 5.51. The summed E-state index contributed by atoms with van der Waals surface area (Å²) in [4.78, 5) is 19.0. The van der Waals surface area contributed by atoms with E-state index in [2.05, 4.69) is 11.7 Å². The maximum absolute atomic E-state index is 11.9. The molecular weight excluding hydrogens is 268 g/mol. The van der Waals surface area contributed by atoms with Crippen LogP contribution in [0.5, 0.6) is 0 Å². The summed E-state index contributed by atoms with van der Waals surface area (Å²) in [6.07, 6.45) is 2.26. The molecule has 1 atom stereocenters. The van der Waals surface area contributed by atoms with Gasteiger partial charge in [0.15, 0.2) is 6.10 Å². The van der Waals surface area contributed by atoms with Crippen LogP contribution in [-0.4, -0.2) is 49.4 Å². The smallest absolute Gasteiger partial charge is 0.248 e. The van der Waals surface area contributed by atoms with Gasteiger partial charge < -0.3 is 14.5 Å². The van der Waals surface area contributed by atoms with Crippen LogP contribution in [-0.2, 0) is 14.4 Å². The summed E-state index contributed by atoms with van der Waals surface area (Å²) >= 11 is 0. The number of carbonyl (C=O) groups excluding carboxylic acids is 1. The van der Waals surface area contributed by atoms with E-state index < -0.39 is 0 Å². The monoisotopic (exact) mass is 288 g/mol. The number of carbonyl (C=O) groups is 1. The minimum absolute atomic E-state index is 0.0625. The van der Waals surface area contributed by atoms with E-state index in [4.69, 9.17) is 9.57 Å². The van der Waals surface area contributed by atoms with Crippen LogP contribution in [0.4, 0.5) is 0 Å². The number of rotatable bonds is 7. The minimum atomic E-state index is -0.124. The van der Waals surface area contributed by atoms with Crippen molar-refractivity contribution in [2.45, 2.75) is 12.5 Å². The number of benzene rings is 1. The fraction of sp³-hybridized carbons (Fsp3) is 0.375. The maximum atomic E-state index is 11.9. The van der Waals surface area contributed by atoms with Gasteiger partial charge >= 0.3 is 0 Å². The van der Waals surface area contributed by atoms with Crippen LogP contribution < -0.4 is 0 Å². The Hall–Kier alpha value is -2.14. The number of nitrogens with zero attached hydrogens (tertiary/aromatic N) is 2. The third kappa shape index (κ3) is 4.16. The van der Waals surface area contributed by atoms with Gasteiger partial charge in [0.25, 0.3) is 0 Å². The van der Waals surface area contributed by atoms with Crippen LogP contribution in [0, 0.1) is 0 Å². The zero-order chi connectivity index (χ0) is 15.1. The number of hydrogen-bond acceptors (Lipinski definition) is 4. The Morgan fingerprint density at radius 2 is 2.29 bits per heavy atom. The zero-order valence-electron chi connectivity index (χ0n) is 12.2. The van der Waals surface area contributed by atoms with E-state index in [1.807, 2.05) is 30.3 Å². The van der Waals surface area contributed by atoms with E-state index >= 15 is 0 Å². The lowest BCUT2D eigenvalue weighted by Gasteiger charge is -2.23. The second-order valence-corrected chi connectivity index (χ2v) is 4.86. The summed E-state index contributed by atoms with van der Waals surface area (Å²) in [6.45, 7) is 4.69. The van der Waals surface area contributed by atoms with Gasteiger partial charge in [0.05, 0.1) is 12.3 Å². The molecule has 1 amide bonds. The molecule has 0 radical (unpaired) electrons. The molecule has 0 saturated carbocycles. The molecule has 0 N–H and O–H groups in total. The molecule has 0 aliphatic carbocycles. The van der Waals surface area contributed by atoms with Crippen molar-refractivity contribution in [3.05, 3.63) is 48.6 Å². The van der Waals surface area contributed by atoms with E-state index in [9.17, 15) is 4.79 Å². The van der Waals surface area contributed by atoms with E-state index in [-0.39, 0.29) is 18.6 Å². The second kappa shape index (κ2) is 7.59. The van der Waals surface area contributed by atoms with Gasteiger partial charge in [-0.1, -0.05) is 41.6 Å². The van der Waals surface area contributed by atoms with Gasteiger partial charge in [-0.25, -0.2) is 0 Å². The van der Waals surface area contributed by atoms with Gasteiger partial charge in [-0.3, -0.25) is 4.79 Å². The quantitative estimate of drug-likeness (QED) is 0.719. The van der Waals surface area contributed by atoms with Crippen LogP contribution >= 0.6 is 0 Å². The molecule has 1 heterocycles. The molecule has 0 spiro atoms. The SMILES string of the molecule is C=CCN(C[C@@H]1CC(c2ccccc2)=NO1)C(=O)COC. The number of methoxy groups -OCH3 is 1. The zero-order valence-corrected chi connectivity index (χ0v) is 12.2. The first kappa shape index (κ1) is 15.3. The summed E-state index contributed by atoms with van der Waals surface area (Å²) < 4.78 is 4.89. The standard InChI is InChI=1S/C16H20N2O3/c1-3-9-18(16(19)12-20-2)11-14-10-15(17-21-14)13-7-5-4-6-8-13/h3-8,14H,1,9-12H2,2H3/t14-/m0/s1. The van der Waals surface area contributed by atoms with Crippen molar-refractivity contribution in [2.75, 3.05) is 26.8 Å². The molecule has 0 fully saturated rings. The summed E-state index contributed by atoms with van der Waals surface area (Å²) in [5, 5.41) is 4.13. The summed E-state index contributed by atoms with van der Waals surface area (Å²) in [7, 11) is 1.51. The lowest BCUT2D eigenvalue weighted by Crippen LogP contribution is -2.39. The van der Waals surface area contributed by atoms with Crippen molar-refractivity contribution in [2.24, 2.45) is 5.16 Å². The molecule has 1 aromatic rings. The van der Waals surface area contributed by atoms with Crippen LogP contribution in [0.2, 0.25) is 0 Å². The first-order valence-electron chi connectivity index (χ1n) is 6.90. The molecule has 5 nitrogen and oxygen atoms in total. The molecule has 0 bridgehead atoms. The lowest BCUT2D eigenvalue weighted by atomic mass is 10.0. The van der Waals surface area contributed by atoms with Crippen molar-refractivity contribution in [1.82, 2.24) is 4.90 Å². The highest BCUT2D eigenvalue weighted by Gasteiger charge is 2.26. The largest absolute Gasteiger partial charge is 0.390 e. The van der Waals surface area contributed by atoms with Crippen molar-refractivity contribution < 1.29 is 14.4 Å². The predicted molar refractivity (Wildman–Crippen MR) is 81.1 cm³/mol. The molecule has 21 heavy (non-hydrogen) atoms. The Morgan fingerprint density at radius 3 is 2.95 bits per heavy atom. The average molecular weight is 288 g/mol. The molecule has 112 valence electrons. The normalized spacial score (nSPS) is 17.0. The molecule has 1 aliphatic rings. The molecule has 0 saturated heterocycles. The first-order chi connectivity index (χ1) is 10.2. The van der Waals surface area contributed by atoms with Gasteiger partial charge in [0.1, 0.15) is 6.61 Å². The average Bonchev–Trinajstić information content (AvgIpc) is 2.96. The van der Waals surface area contributed by atoms with Crippen molar-refractivity contribution in [3.63, 3.8) is 0 Å². The third-order valence-corrected chi connectivity index (χ3v) is 3.23. The Bertz CT molecular complexity index is 514. The third-order valence-electron chi connectivity index (χ3n) is 3.23. The topological polar surface area (TPSA) is 51.1 Å². The molecule has 5 heteroatoms. The second-order valence-electron chi connectivity index (χ2n) is 4.86. The number of oxime groups is 1. The van der Waals surface area contributed by atoms with Gasteiger partial charge in [-0.15, -0.1) is 6.58 Å². The van der Waals surface area contributed by atoms with Crippen molar-refractivity contribution in [3.8, 4) is 0 Å². The Balaban J connectivity index is 1.92. The maximum Gasteiger partial charge on any atom is 0.248 e. The molecular formula is C16H20N2O3. The molecule has 0 unspecified atom stereocenters. The van der Waals surface area contributed by atoms with E-state index in [1.165, 1.54) is 7.11 Å². The minimum Gasteiger partial charge on any atom is -0.390 e. The van der Waals surface area contributed by atoms with E-state index in [0.717, 1.165) is 11.3 Å². The van der Waals surface area contributed by atoms with Crippen LogP contribution in [0.3, 0.4) is 0 Å². The van der Waals surface area contributed by atoms with Crippen LogP contribution in [0.1, 0.15) is 12.0 Å². The number of ether oxygens (including phenoxy) is 1. The first-order valence-corrected chi connectivity index (χ1v) is 6.90. The number of amides is 1.